The molecule has 3 heterocycles. The molecule has 2 aliphatic rings. The number of hydrogen-bond acceptors (Lipinski definition) is 5. The number of aromatic nitrogens is 1. The molecular weight excluding hydrogens is 442 g/mol. The van der Waals surface area contributed by atoms with Crippen LogP contribution in [0.4, 0.5) is 4.79 Å². The van der Waals surface area contributed by atoms with Gasteiger partial charge in [0.25, 0.3) is 5.91 Å². The van der Waals surface area contributed by atoms with Crippen molar-refractivity contribution in [1.29, 1.82) is 0 Å². The molecule has 1 aromatic carbocycles. The van der Waals surface area contributed by atoms with Crippen molar-refractivity contribution in [1.82, 2.24) is 20.1 Å². The number of hydrogen-bond donors (Lipinski definition) is 4. The van der Waals surface area contributed by atoms with Crippen molar-refractivity contribution in [2.24, 2.45) is 11.7 Å². The van der Waals surface area contributed by atoms with Crippen molar-refractivity contribution in [3.8, 4) is 0 Å². The second kappa shape index (κ2) is 8.15. The highest BCUT2D eigenvalue weighted by Crippen LogP contribution is 2.45. The number of primary amides is 1. The lowest BCUT2D eigenvalue weighted by atomic mass is 9.86. The minimum atomic E-state index is -1.57. The lowest BCUT2D eigenvalue weighted by molar-refractivity contribution is -0.145. The van der Waals surface area contributed by atoms with E-state index in [1.165, 1.54) is 4.90 Å². The lowest BCUT2D eigenvalue weighted by Gasteiger charge is -2.36. The van der Waals surface area contributed by atoms with Gasteiger partial charge in [0, 0.05) is 17.4 Å². The Labute approximate surface area is 195 Å². The molecule has 3 unspecified atom stereocenters. The molecule has 5 amide bonds. The van der Waals surface area contributed by atoms with Gasteiger partial charge in [-0.3, -0.25) is 14.4 Å². The Hall–Kier alpha value is -3.89. The van der Waals surface area contributed by atoms with Crippen LogP contribution >= 0.6 is 0 Å². The van der Waals surface area contributed by atoms with Crippen molar-refractivity contribution in [3.63, 3.8) is 0 Å². The molecule has 0 aliphatic carbocycles. The smallest absolute Gasteiger partial charge is 0.328 e. The molecule has 0 bridgehead atoms. The number of carbonyl (C=O) groups is 5. The molecular formula is C23H27N5O6. The topological polar surface area (TPSA) is 166 Å². The van der Waals surface area contributed by atoms with Gasteiger partial charge in [-0.15, -0.1) is 0 Å². The monoisotopic (exact) mass is 469 g/mol. The first kappa shape index (κ1) is 23.3. The molecule has 0 saturated carbocycles. The van der Waals surface area contributed by atoms with Gasteiger partial charge in [0.1, 0.15) is 12.1 Å². The number of carboxylic acids is 1. The van der Waals surface area contributed by atoms with Gasteiger partial charge in [0.15, 0.2) is 5.54 Å². The Morgan fingerprint density at radius 3 is 2.53 bits per heavy atom. The number of para-hydroxylation sites is 1. The Bertz CT molecular complexity index is 1220. The van der Waals surface area contributed by atoms with Crippen molar-refractivity contribution >= 4 is 40.6 Å². The number of urea groups is 1. The zero-order valence-corrected chi connectivity index (χ0v) is 19.1. The third-order valence-corrected chi connectivity index (χ3v) is 6.70. The fourth-order valence-corrected chi connectivity index (χ4v) is 5.04. The highest BCUT2D eigenvalue weighted by Gasteiger charge is 2.61. The summed E-state index contributed by atoms with van der Waals surface area (Å²) in [6, 6.07) is 4.17. The average Bonchev–Trinajstić information content (AvgIpc) is 3.23. The molecule has 11 heteroatoms. The predicted octanol–water partition coefficient (Wildman–Crippen LogP) is 0.673. The number of carbonyl (C=O) groups excluding carboxylic acids is 4. The second-order valence-electron chi connectivity index (χ2n) is 9.21. The number of nitrogens with two attached hydrogens (primary N) is 1. The number of aliphatic carboxylic acids is 1. The van der Waals surface area contributed by atoms with Crippen LogP contribution in [0.25, 0.3) is 10.9 Å². The van der Waals surface area contributed by atoms with E-state index in [2.05, 4.69) is 10.3 Å². The molecule has 1 saturated heterocycles. The van der Waals surface area contributed by atoms with Gasteiger partial charge in [-0.05, 0) is 30.9 Å². The van der Waals surface area contributed by atoms with Crippen LogP contribution in [0.15, 0.2) is 24.3 Å². The fraction of sp³-hybridized carbons (Fsp3) is 0.435. The predicted molar refractivity (Wildman–Crippen MR) is 120 cm³/mol. The molecule has 2 aromatic rings. The van der Waals surface area contributed by atoms with Gasteiger partial charge in [0.05, 0.1) is 12.1 Å². The van der Waals surface area contributed by atoms with Crippen LogP contribution < -0.4 is 11.1 Å². The van der Waals surface area contributed by atoms with Crippen molar-refractivity contribution in [2.75, 3.05) is 6.54 Å². The van der Waals surface area contributed by atoms with Crippen LogP contribution in [-0.2, 0) is 31.1 Å². The summed E-state index contributed by atoms with van der Waals surface area (Å²) in [5.41, 5.74) is 6.18. The highest BCUT2D eigenvalue weighted by molar-refractivity contribution is 6.11. The van der Waals surface area contributed by atoms with Gasteiger partial charge < -0.3 is 26.0 Å². The van der Waals surface area contributed by atoms with E-state index >= 15 is 0 Å². The summed E-state index contributed by atoms with van der Waals surface area (Å²) in [6.45, 7) is 5.26. The molecule has 3 atom stereocenters. The van der Waals surface area contributed by atoms with Crippen molar-refractivity contribution < 1.29 is 29.1 Å². The zero-order chi connectivity index (χ0) is 24.9. The summed E-state index contributed by atoms with van der Waals surface area (Å²) in [4.78, 5) is 68.9. The number of aromatic amines is 1. The van der Waals surface area contributed by atoms with E-state index in [-0.39, 0.29) is 6.54 Å². The first-order chi connectivity index (χ1) is 16.0. The van der Waals surface area contributed by atoms with Gasteiger partial charge >= 0.3 is 12.0 Å². The van der Waals surface area contributed by atoms with Crippen LogP contribution in [0.5, 0.6) is 0 Å². The average molecular weight is 469 g/mol. The Morgan fingerprint density at radius 2 is 1.91 bits per heavy atom. The molecule has 0 radical (unpaired) electrons. The quantitative estimate of drug-likeness (QED) is 0.435. The van der Waals surface area contributed by atoms with Crippen LogP contribution in [0.3, 0.4) is 0 Å². The summed E-state index contributed by atoms with van der Waals surface area (Å²) in [7, 11) is 0. The third kappa shape index (κ3) is 3.39. The molecule has 11 nitrogen and oxygen atoms in total. The molecule has 1 fully saturated rings. The number of imide groups is 1. The summed E-state index contributed by atoms with van der Waals surface area (Å²) in [5, 5.41) is 12.6. The first-order valence-electron chi connectivity index (χ1n) is 11.0. The highest BCUT2D eigenvalue weighted by atomic mass is 16.4. The number of amides is 5. The number of nitrogens with zero attached hydrogens (tertiary/aromatic N) is 2. The van der Waals surface area contributed by atoms with Gasteiger partial charge in [0.2, 0.25) is 11.8 Å². The molecule has 1 aromatic heterocycles. The Morgan fingerprint density at radius 1 is 1.24 bits per heavy atom. The number of rotatable bonds is 7. The molecule has 2 aliphatic heterocycles. The van der Waals surface area contributed by atoms with E-state index in [9.17, 15) is 29.1 Å². The number of H-pyrrole nitrogens is 1. The summed E-state index contributed by atoms with van der Waals surface area (Å²) in [5.74, 6) is -4.28. The SMILES string of the molecule is CC(C)C(C(=O)NC(CC(N)=O)C(=O)O)N1C(=O)N2CCc3c([nH]c4ccccc34)C2(C)C1=O. The van der Waals surface area contributed by atoms with Crippen molar-refractivity contribution in [2.45, 2.75) is 51.2 Å². The van der Waals surface area contributed by atoms with Crippen LogP contribution in [0, 0.1) is 5.92 Å². The van der Waals surface area contributed by atoms with E-state index in [1.54, 1.807) is 20.8 Å². The van der Waals surface area contributed by atoms with Gasteiger partial charge in [-0.2, -0.15) is 0 Å². The summed E-state index contributed by atoms with van der Waals surface area (Å²) >= 11 is 0. The lowest BCUT2D eigenvalue weighted by Crippen LogP contribution is -2.56. The van der Waals surface area contributed by atoms with Gasteiger partial charge in [-0.1, -0.05) is 32.0 Å². The molecule has 180 valence electrons. The molecule has 0 spiro atoms. The minimum absolute atomic E-state index is 0.290. The van der Waals surface area contributed by atoms with E-state index < -0.39 is 59.7 Å². The van der Waals surface area contributed by atoms with Crippen molar-refractivity contribution in [3.05, 3.63) is 35.5 Å². The third-order valence-electron chi connectivity index (χ3n) is 6.70. The largest absolute Gasteiger partial charge is 0.480 e. The van der Waals surface area contributed by atoms with Gasteiger partial charge in [-0.25, -0.2) is 14.5 Å². The van der Waals surface area contributed by atoms with Crippen LogP contribution in [-0.4, -0.2) is 68.2 Å². The van der Waals surface area contributed by atoms with Crippen LogP contribution in [0.2, 0.25) is 0 Å². The van der Waals surface area contributed by atoms with E-state index in [4.69, 9.17) is 5.73 Å². The van der Waals surface area contributed by atoms with E-state index in [0.717, 1.165) is 21.4 Å². The van der Waals surface area contributed by atoms with E-state index in [1.807, 2.05) is 24.3 Å². The second-order valence-corrected chi connectivity index (χ2v) is 9.21. The number of carboxylic acid groups (broad SMARTS) is 1. The number of benzene rings is 1. The first-order valence-corrected chi connectivity index (χ1v) is 11.0. The van der Waals surface area contributed by atoms with E-state index in [0.29, 0.717) is 12.1 Å². The minimum Gasteiger partial charge on any atom is -0.480 e. The summed E-state index contributed by atoms with van der Waals surface area (Å²) in [6.07, 6.45) is -0.0733. The Balaban J connectivity index is 1.72. The standard InChI is InChI=1S/C23H27N5O6/c1-11(2)17(19(30)26-15(20(31)32)10-16(24)29)28-21(33)23(3)18-13(8-9-27(23)22(28)34)12-6-4-5-7-14(12)25-18/h4-7,11,15,17,25H,8-10H2,1-3H3,(H2,24,29)(H,26,30)(H,31,32). The maximum absolute atomic E-state index is 13.8. The maximum Gasteiger partial charge on any atom is 0.328 e. The summed E-state index contributed by atoms with van der Waals surface area (Å²) < 4.78 is 0. The molecule has 34 heavy (non-hydrogen) atoms. The number of nitrogens with one attached hydrogen (secondary N) is 2. The van der Waals surface area contributed by atoms with Crippen LogP contribution in [0.1, 0.15) is 38.4 Å². The fourth-order valence-electron chi connectivity index (χ4n) is 5.04. The molecule has 4 rings (SSSR count). The zero-order valence-electron chi connectivity index (χ0n) is 19.1. The Kier molecular flexibility index (Phi) is 5.58. The maximum atomic E-state index is 13.8. The molecule has 5 N–H and O–H groups in total. The normalized spacial score (nSPS) is 21.4. The number of fused-ring (bicyclic) bond motifs is 5.